The van der Waals surface area contributed by atoms with Crippen molar-refractivity contribution in [1.82, 2.24) is 10.5 Å². The summed E-state index contributed by atoms with van der Waals surface area (Å²) in [6.07, 6.45) is -0.241. The summed E-state index contributed by atoms with van der Waals surface area (Å²) in [7, 11) is 0. The van der Waals surface area contributed by atoms with E-state index < -0.39 is 23.9 Å². The van der Waals surface area contributed by atoms with Crippen molar-refractivity contribution in [1.29, 1.82) is 0 Å². The smallest absolute Gasteiger partial charge is 0.410 e. The standard InChI is InChI=1S/C11H16N2O5/c1-7(12-10(15)18-11(2,3)4)17-9(14)8-5-6-16-13-8/h5-7H,1-4H3,(H,12,15). The first-order valence-corrected chi connectivity index (χ1v) is 5.39. The number of ether oxygens (including phenoxy) is 2. The average Bonchev–Trinajstić information content (AvgIpc) is 2.65. The van der Waals surface area contributed by atoms with E-state index in [0.29, 0.717) is 0 Å². The molecule has 100 valence electrons. The zero-order valence-corrected chi connectivity index (χ0v) is 10.7. The third-order valence-electron chi connectivity index (χ3n) is 1.65. The molecule has 0 bridgehead atoms. The van der Waals surface area contributed by atoms with Gasteiger partial charge in [-0.3, -0.25) is 5.32 Å². The number of amides is 1. The fourth-order valence-electron chi connectivity index (χ4n) is 1.04. The Hall–Kier alpha value is -2.05. The van der Waals surface area contributed by atoms with E-state index in [9.17, 15) is 9.59 Å². The van der Waals surface area contributed by atoms with Gasteiger partial charge in [0.25, 0.3) is 0 Å². The third-order valence-corrected chi connectivity index (χ3v) is 1.65. The largest absolute Gasteiger partial charge is 0.444 e. The summed E-state index contributed by atoms with van der Waals surface area (Å²) in [5.74, 6) is -0.688. The minimum atomic E-state index is -0.830. The van der Waals surface area contributed by atoms with Crippen LogP contribution in [0.5, 0.6) is 0 Å². The van der Waals surface area contributed by atoms with Gasteiger partial charge >= 0.3 is 12.1 Å². The molecule has 1 atom stereocenters. The molecule has 0 fully saturated rings. The lowest BCUT2D eigenvalue weighted by molar-refractivity contribution is 0.0141. The average molecular weight is 256 g/mol. The Morgan fingerprint density at radius 3 is 2.61 bits per heavy atom. The highest BCUT2D eigenvalue weighted by Gasteiger charge is 2.20. The molecule has 0 spiro atoms. The van der Waals surface area contributed by atoms with Gasteiger partial charge < -0.3 is 14.0 Å². The number of rotatable bonds is 3. The Morgan fingerprint density at radius 2 is 2.11 bits per heavy atom. The highest BCUT2D eigenvalue weighted by Crippen LogP contribution is 2.07. The second kappa shape index (κ2) is 5.52. The molecule has 7 heteroatoms. The van der Waals surface area contributed by atoms with Crippen molar-refractivity contribution >= 4 is 12.1 Å². The van der Waals surface area contributed by atoms with Gasteiger partial charge in [0.15, 0.2) is 11.9 Å². The molecule has 0 aliphatic rings. The quantitative estimate of drug-likeness (QED) is 0.653. The monoisotopic (exact) mass is 256 g/mol. The summed E-state index contributed by atoms with van der Waals surface area (Å²) in [6.45, 7) is 6.71. The van der Waals surface area contributed by atoms with E-state index >= 15 is 0 Å². The number of hydrogen-bond acceptors (Lipinski definition) is 6. The first-order chi connectivity index (χ1) is 8.28. The molecule has 1 heterocycles. The maximum Gasteiger partial charge on any atom is 0.410 e. The van der Waals surface area contributed by atoms with Crippen LogP contribution in [0.25, 0.3) is 0 Å². The highest BCUT2D eigenvalue weighted by atomic mass is 16.6. The van der Waals surface area contributed by atoms with Crippen LogP contribution >= 0.6 is 0 Å². The third kappa shape index (κ3) is 4.86. The van der Waals surface area contributed by atoms with Crippen LogP contribution in [-0.2, 0) is 9.47 Å². The normalized spacial score (nSPS) is 12.7. The number of nitrogens with zero attached hydrogens (tertiary/aromatic N) is 1. The van der Waals surface area contributed by atoms with Crippen LogP contribution < -0.4 is 5.32 Å². The van der Waals surface area contributed by atoms with Gasteiger partial charge in [-0.15, -0.1) is 0 Å². The van der Waals surface area contributed by atoms with E-state index in [1.165, 1.54) is 19.3 Å². The number of carbonyl (C=O) groups excluding carboxylic acids is 2. The van der Waals surface area contributed by atoms with Crippen LogP contribution in [0, 0.1) is 0 Å². The predicted molar refractivity (Wildman–Crippen MR) is 60.8 cm³/mol. The van der Waals surface area contributed by atoms with E-state index in [1.807, 2.05) is 0 Å². The van der Waals surface area contributed by atoms with Gasteiger partial charge in [0.2, 0.25) is 0 Å². The number of carbonyl (C=O) groups is 2. The highest BCUT2D eigenvalue weighted by molar-refractivity contribution is 5.87. The van der Waals surface area contributed by atoms with Crippen molar-refractivity contribution in [3.05, 3.63) is 18.0 Å². The topological polar surface area (TPSA) is 90.7 Å². The van der Waals surface area contributed by atoms with Crippen molar-refractivity contribution in [2.45, 2.75) is 39.5 Å². The summed E-state index contributed by atoms with van der Waals surface area (Å²) in [6, 6.07) is 1.36. The van der Waals surface area contributed by atoms with E-state index in [4.69, 9.17) is 9.47 Å². The summed E-state index contributed by atoms with van der Waals surface area (Å²) < 4.78 is 14.4. The number of aromatic nitrogens is 1. The molecule has 1 aromatic rings. The summed E-state index contributed by atoms with van der Waals surface area (Å²) in [5.41, 5.74) is -0.576. The van der Waals surface area contributed by atoms with Gasteiger partial charge in [-0.2, -0.15) is 0 Å². The maximum atomic E-state index is 11.4. The van der Waals surface area contributed by atoms with Crippen LogP contribution in [0.3, 0.4) is 0 Å². The second-order valence-electron chi connectivity index (χ2n) is 4.58. The van der Waals surface area contributed by atoms with Gasteiger partial charge in [-0.05, 0) is 27.7 Å². The Labute approximate surface area is 104 Å². The zero-order chi connectivity index (χ0) is 13.8. The van der Waals surface area contributed by atoms with Crippen LogP contribution in [0.4, 0.5) is 4.79 Å². The summed E-state index contributed by atoms with van der Waals surface area (Å²) in [4.78, 5) is 22.8. The molecule has 18 heavy (non-hydrogen) atoms. The molecule has 0 aliphatic carbocycles. The minimum absolute atomic E-state index is 0.0350. The van der Waals surface area contributed by atoms with Crippen molar-refractivity contribution < 1.29 is 23.6 Å². The Morgan fingerprint density at radius 1 is 1.44 bits per heavy atom. The van der Waals surface area contributed by atoms with Gasteiger partial charge in [0.1, 0.15) is 11.9 Å². The Kier molecular flexibility index (Phi) is 4.30. The van der Waals surface area contributed by atoms with E-state index in [1.54, 1.807) is 20.8 Å². The molecular weight excluding hydrogens is 240 g/mol. The molecular formula is C11H16N2O5. The Balaban J connectivity index is 2.40. The van der Waals surface area contributed by atoms with E-state index in [2.05, 4.69) is 15.0 Å². The molecule has 0 aliphatic heterocycles. The molecule has 1 N–H and O–H groups in total. The van der Waals surface area contributed by atoms with Crippen molar-refractivity contribution in [2.75, 3.05) is 0 Å². The van der Waals surface area contributed by atoms with Crippen molar-refractivity contribution in [3.63, 3.8) is 0 Å². The zero-order valence-electron chi connectivity index (χ0n) is 10.7. The van der Waals surface area contributed by atoms with Crippen molar-refractivity contribution in [3.8, 4) is 0 Å². The molecule has 0 saturated heterocycles. The van der Waals surface area contributed by atoms with Gasteiger partial charge in [-0.1, -0.05) is 5.16 Å². The Bertz CT molecular complexity index is 408. The van der Waals surface area contributed by atoms with Gasteiger partial charge in [0.05, 0.1) is 0 Å². The van der Waals surface area contributed by atoms with Gasteiger partial charge in [0, 0.05) is 6.07 Å². The molecule has 0 radical (unpaired) electrons. The maximum absolute atomic E-state index is 11.4. The van der Waals surface area contributed by atoms with Crippen molar-refractivity contribution in [2.24, 2.45) is 0 Å². The lowest BCUT2D eigenvalue weighted by Gasteiger charge is -2.21. The predicted octanol–water partition coefficient (Wildman–Crippen LogP) is 1.70. The number of hydrogen-bond donors (Lipinski definition) is 1. The molecule has 1 rings (SSSR count). The first-order valence-electron chi connectivity index (χ1n) is 5.39. The lowest BCUT2D eigenvalue weighted by Crippen LogP contribution is -2.39. The minimum Gasteiger partial charge on any atom is -0.444 e. The van der Waals surface area contributed by atoms with E-state index in [0.717, 1.165) is 0 Å². The summed E-state index contributed by atoms with van der Waals surface area (Å²) in [5, 5.41) is 5.78. The van der Waals surface area contributed by atoms with Crippen LogP contribution in [0.1, 0.15) is 38.2 Å². The molecule has 1 unspecified atom stereocenters. The molecule has 1 amide bonds. The second-order valence-corrected chi connectivity index (χ2v) is 4.58. The summed E-state index contributed by atoms with van der Waals surface area (Å²) >= 11 is 0. The van der Waals surface area contributed by atoms with Crippen LogP contribution in [0.15, 0.2) is 16.9 Å². The molecule has 0 aromatic carbocycles. The fourth-order valence-corrected chi connectivity index (χ4v) is 1.04. The lowest BCUT2D eigenvalue weighted by atomic mass is 10.2. The number of alkyl carbamates (subject to hydrolysis) is 1. The van der Waals surface area contributed by atoms with Crippen LogP contribution in [0.2, 0.25) is 0 Å². The number of esters is 1. The molecule has 0 saturated carbocycles. The van der Waals surface area contributed by atoms with Gasteiger partial charge in [-0.25, -0.2) is 9.59 Å². The number of nitrogens with one attached hydrogen (secondary N) is 1. The molecule has 7 nitrogen and oxygen atoms in total. The van der Waals surface area contributed by atoms with Crippen LogP contribution in [-0.4, -0.2) is 29.0 Å². The van der Waals surface area contributed by atoms with E-state index in [-0.39, 0.29) is 5.69 Å². The SMILES string of the molecule is CC(NC(=O)OC(C)(C)C)OC(=O)c1ccon1. The molecule has 1 aromatic heterocycles. The fraction of sp³-hybridized carbons (Fsp3) is 0.545. The first kappa shape index (κ1) is 14.0.